The van der Waals surface area contributed by atoms with Gasteiger partial charge in [-0.1, -0.05) is 42.5 Å². The Kier molecular flexibility index (Phi) is 4.01. The quantitative estimate of drug-likeness (QED) is 0.313. The van der Waals surface area contributed by atoms with Crippen molar-refractivity contribution in [1.29, 1.82) is 0 Å². The fraction of sp³-hybridized carbons (Fsp3) is 0. The molecule has 5 aromatic carbocycles. The minimum Gasteiger partial charge on any atom is -0.507 e. The Morgan fingerprint density at radius 3 is 2.06 bits per heavy atom. The third-order valence-electron chi connectivity index (χ3n) is 6.08. The average Bonchev–Trinajstić information content (AvgIpc) is 2.81. The topological polar surface area (TPSA) is 87.7 Å². The van der Waals surface area contributed by atoms with Crippen LogP contribution in [0.5, 0.6) is 5.75 Å². The van der Waals surface area contributed by atoms with E-state index in [-0.39, 0.29) is 16.7 Å². The summed E-state index contributed by atoms with van der Waals surface area (Å²) in [6, 6.07) is 24.3. The molecule has 0 saturated heterocycles. The number of fused-ring (bicyclic) bond motifs is 4. The Balaban J connectivity index is 1.89. The number of carboxylic acid groups (broad SMARTS) is 1. The summed E-state index contributed by atoms with van der Waals surface area (Å²) < 4.78 is 6.27. The standard InChI is InChI=1S/C28H16O5/c29-23-9-3-5-15-11-25-21(13-19(15)23)27(17-7-1-2-8-18(17)28(31)32)22-14-20-16(12-26(22)33-25)6-4-10-24(20)30/h1-14,29H,(H,31,32). The van der Waals surface area contributed by atoms with E-state index in [2.05, 4.69) is 0 Å². The van der Waals surface area contributed by atoms with Crippen LogP contribution in [0.3, 0.4) is 0 Å². The summed E-state index contributed by atoms with van der Waals surface area (Å²) in [5, 5.41) is 24.3. The monoisotopic (exact) mass is 432 g/mol. The minimum atomic E-state index is -1.05. The van der Waals surface area contributed by atoms with E-state index in [1.165, 1.54) is 6.07 Å². The van der Waals surface area contributed by atoms with Crippen LogP contribution in [0.25, 0.3) is 54.6 Å². The number of benzene rings is 5. The predicted molar refractivity (Wildman–Crippen MR) is 129 cm³/mol. The van der Waals surface area contributed by atoms with Crippen LogP contribution >= 0.6 is 0 Å². The van der Waals surface area contributed by atoms with E-state index in [0.29, 0.717) is 43.8 Å². The number of carbonyl (C=O) groups is 1. The molecule has 5 nitrogen and oxygen atoms in total. The van der Waals surface area contributed by atoms with E-state index in [1.807, 2.05) is 30.3 Å². The molecule has 0 saturated carbocycles. The lowest BCUT2D eigenvalue weighted by Gasteiger charge is -2.15. The Hall–Kier alpha value is -4.64. The van der Waals surface area contributed by atoms with E-state index >= 15 is 0 Å². The van der Waals surface area contributed by atoms with Gasteiger partial charge in [-0.2, -0.15) is 0 Å². The van der Waals surface area contributed by atoms with Crippen molar-refractivity contribution in [3.63, 3.8) is 0 Å². The molecule has 0 radical (unpaired) electrons. The van der Waals surface area contributed by atoms with Crippen LogP contribution < -0.4 is 5.43 Å². The van der Waals surface area contributed by atoms with Gasteiger partial charge in [-0.3, -0.25) is 4.79 Å². The van der Waals surface area contributed by atoms with Crippen LogP contribution in [0.1, 0.15) is 10.4 Å². The zero-order valence-corrected chi connectivity index (χ0v) is 17.2. The van der Waals surface area contributed by atoms with Gasteiger partial charge in [0.2, 0.25) is 0 Å². The highest BCUT2D eigenvalue weighted by Crippen LogP contribution is 2.41. The zero-order valence-electron chi connectivity index (χ0n) is 17.2. The van der Waals surface area contributed by atoms with E-state index in [0.717, 1.165) is 10.8 Å². The molecule has 0 fully saturated rings. The number of hydrogen-bond acceptors (Lipinski definition) is 4. The Labute approximate surface area is 186 Å². The van der Waals surface area contributed by atoms with Crippen LogP contribution in [0.15, 0.2) is 94.1 Å². The maximum absolute atomic E-state index is 12.6. The lowest BCUT2D eigenvalue weighted by Crippen LogP contribution is -2.01. The van der Waals surface area contributed by atoms with Gasteiger partial charge in [0, 0.05) is 27.1 Å². The summed E-state index contributed by atoms with van der Waals surface area (Å²) >= 11 is 0. The lowest BCUT2D eigenvalue weighted by atomic mass is 9.91. The second-order valence-electron chi connectivity index (χ2n) is 8.00. The fourth-order valence-electron chi connectivity index (χ4n) is 4.56. The van der Waals surface area contributed by atoms with E-state index in [4.69, 9.17) is 4.42 Å². The summed E-state index contributed by atoms with van der Waals surface area (Å²) in [5.74, 6) is -0.936. The van der Waals surface area contributed by atoms with Gasteiger partial charge in [-0.15, -0.1) is 0 Å². The molecule has 0 aliphatic carbocycles. The number of phenolic OH excluding ortho intramolecular Hbond substituents is 1. The van der Waals surface area contributed by atoms with Crippen molar-refractivity contribution in [3.05, 3.63) is 101 Å². The summed E-state index contributed by atoms with van der Waals surface area (Å²) in [7, 11) is 0. The molecule has 0 atom stereocenters. The van der Waals surface area contributed by atoms with Gasteiger partial charge in [0.15, 0.2) is 5.43 Å². The molecule has 6 rings (SSSR count). The largest absolute Gasteiger partial charge is 0.507 e. The van der Waals surface area contributed by atoms with Crippen molar-refractivity contribution in [2.24, 2.45) is 0 Å². The molecule has 0 unspecified atom stereocenters. The van der Waals surface area contributed by atoms with Crippen molar-refractivity contribution in [3.8, 4) is 16.9 Å². The number of rotatable bonds is 2. The minimum absolute atomic E-state index is 0.118. The molecule has 5 heteroatoms. The second-order valence-corrected chi connectivity index (χ2v) is 8.00. The molecule has 0 spiro atoms. The van der Waals surface area contributed by atoms with Crippen LogP contribution in [-0.2, 0) is 0 Å². The number of aromatic hydroxyl groups is 1. The summed E-state index contributed by atoms with van der Waals surface area (Å²) in [6.45, 7) is 0. The van der Waals surface area contributed by atoms with E-state index in [1.54, 1.807) is 48.5 Å². The molecule has 158 valence electrons. The molecule has 0 amide bonds. The number of phenols is 1. The number of carboxylic acids is 1. The van der Waals surface area contributed by atoms with Gasteiger partial charge in [0.25, 0.3) is 0 Å². The van der Waals surface area contributed by atoms with Crippen molar-refractivity contribution < 1.29 is 19.4 Å². The average molecular weight is 432 g/mol. The van der Waals surface area contributed by atoms with Crippen molar-refractivity contribution in [1.82, 2.24) is 0 Å². The highest BCUT2D eigenvalue weighted by molar-refractivity contribution is 6.16. The summed E-state index contributed by atoms with van der Waals surface area (Å²) in [6.07, 6.45) is 0. The molecule has 0 aliphatic rings. The van der Waals surface area contributed by atoms with Gasteiger partial charge in [0.05, 0.1) is 5.56 Å². The van der Waals surface area contributed by atoms with Gasteiger partial charge < -0.3 is 14.6 Å². The molecule has 6 aromatic rings. The fourth-order valence-corrected chi connectivity index (χ4v) is 4.56. The summed E-state index contributed by atoms with van der Waals surface area (Å²) in [5.41, 5.74) is 2.25. The first-order valence-electron chi connectivity index (χ1n) is 10.4. The SMILES string of the molecule is O=C(O)c1ccccc1-c1c2cc3c(O)cccc3cc2oc2cc3cccc(=O)c3cc12. The molecule has 1 heterocycles. The highest BCUT2D eigenvalue weighted by Gasteiger charge is 2.19. The van der Waals surface area contributed by atoms with Gasteiger partial charge in [-0.25, -0.2) is 4.79 Å². The van der Waals surface area contributed by atoms with Crippen LogP contribution in [0.2, 0.25) is 0 Å². The molecule has 33 heavy (non-hydrogen) atoms. The van der Waals surface area contributed by atoms with Gasteiger partial charge in [0.1, 0.15) is 16.9 Å². The molecular weight excluding hydrogens is 416 g/mol. The zero-order chi connectivity index (χ0) is 22.7. The first-order valence-corrected chi connectivity index (χ1v) is 10.4. The second kappa shape index (κ2) is 6.93. The van der Waals surface area contributed by atoms with Gasteiger partial charge in [-0.05, 0) is 58.8 Å². The third kappa shape index (κ3) is 2.87. The van der Waals surface area contributed by atoms with Gasteiger partial charge >= 0.3 is 5.97 Å². The van der Waals surface area contributed by atoms with Crippen molar-refractivity contribution >= 4 is 49.5 Å². The number of hydrogen-bond donors (Lipinski definition) is 2. The number of aromatic carboxylic acids is 1. The predicted octanol–water partition coefficient (Wildman–Crippen LogP) is 6.32. The molecule has 0 bridgehead atoms. The summed E-state index contributed by atoms with van der Waals surface area (Å²) in [4.78, 5) is 24.7. The Morgan fingerprint density at radius 2 is 1.33 bits per heavy atom. The first-order chi connectivity index (χ1) is 16.0. The van der Waals surface area contributed by atoms with Crippen molar-refractivity contribution in [2.75, 3.05) is 0 Å². The molecular formula is C28H16O5. The van der Waals surface area contributed by atoms with Crippen molar-refractivity contribution in [2.45, 2.75) is 0 Å². The maximum Gasteiger partial charge on any atom is 0.336 e. The Morgan fingerprint density at radius 1 is 0.697 bits per heavy atom. The highest BCUT2D eigenvalue weighted by atomic mass is 16.4. The molecule has 2 N–H and O–H groups in total. The van der Waals surface area contributed by atoms with Crippen LogP contribution in [0, 0.1) is 0 Å². The van der Waals surface area contributed by atoms with Crippen LogP contribution in [-0.4, -0.2) is 16.2 Å². The van der Waals surface area contributed by atoms with E-state index < -0.39 is 5.97 Å². The normalized spacial score (nSPS) is 11.5. The first kappa shape index (κ1) is 19.1. The molecule has 0 aliphatic heterocycles. The molecule has 1 aromatic heterocycles. The maximum atomic E-state index is 12.6. The Bertz CT molecular complexity index is 1830. The third-order valence-corrected chi connectivity index (χ3v) is 6.08. The van der Waals surface area contributed by atoms with Crippen LogP contribution in [0.4, 0.5) is 0 Å². The lowest BCUT2D eigenvalue weighted by molar-refractivity contribution is 0.0697. The van der Waals surface area contributed by atoms with E-state index in [9.17, 15) is 19.8 Å². The smallest absolute Gasteiger partial charge is 0.336 e.